The van der Waals surface area contributed by atoms with Crippen molar-refractivity contribution in [2.45, 2.75) is 27.2 Å². The number of hydrogen-bond donors (Lipinski definition) is 2. The van der Waals surface area contributed by atoms with Gasteiger partial charge >= 0.3 is 5.97 Å². The third-order valence-corrected chi connectivity index (χ3v) is 2.98. The summed E-state index contributed by atoms with van der Waals surface area (Å²) in [7, 11) is 0. The summed E-state index contributed by atoms with van der Waals surface area (Å²) in [6.45, 7) is 6.72. The van der Waals surface area contributed by atoms with E-state index in [4.69, 9.17) is 4.74 Å². The molecule has 0 heterocycles. The first-order valence-corrected chi connectivity index (χ1v) is 6.77. The fourth-order valence-electron chi connectivity index (χ4n) is 1.71. The lowest BCUT2D eigenvalue weighted by Gasteiger charge is -2.10. The van der Waals surface area contributed by atoms with Crippen molar-refractivity contribution in [1.29, 1.82) is 0 Å². The molecule has 0 aromatic heterocycles. The molecule has 0 spiro atoms. The Bertz CT molecular complexity index is 472. The zero-order chi connectivity index (χ0) is 15.0. The van der Waals surface area contributed by atoms with Crippen molar-refractivity contribution in [3.8, 4) is 0 Å². The van der Waals surface area contributed by atoms with Crippen LogP contribution in [0.2, 0.25) is 0 Å². The summed E-state index contributed by atoms with van der Waals surface area (Å²) >= 11 is 0. The van der Waals surface area contributed by atoms with Crippen molar-refractivity contribution < 1.29 is 14.3 Å². The largest absolute Gasteiger partial charge is 0.466 e. The van der Waals surface area contributed by atoms with Gasteiger partial charge in [-0.3, -0.25) is 9.59 Å². The molecule has 1 aromatic carbocycles. The van der Waals surface area contributed by atoms with Crippen LogP contribution in [0.5, 0.6) is 0 Å². The maximum Gasteiger partial charge on any atom is 0.307 e. The van der Waals surface area contributed by atoms with Crippen LogP contribution in [0.25, 0.3) is 0 Å². The molecule has 5 heteroatoms. The van der Waals surface area contributed by atoms with Gasteiger partial charge in [0.25, 0.3) is 0 Å². The maximum atomic E-state index is 11.8. The molecule has 0 unspecified atom stereocenters. The molecule has 2 N–H and O–H groups in total. The van der Waals surface area contributed by atoms with Gasteiger partial charge in [0.2, 0.25) is 5.91 Å². The number of amides is 1. The van der Waals surface area contributed by atoms with E-state index in [9.17, 15) is 9.59 Å². The first-order valence-electron chi connectivity index (χ1n) is 6.77. The van der Waals surface area contributed by atoms with E-state index in [0.717, 1.165) is 16.8 Å². The number of hydrogen-bond acceptors (Lipinski definition) is 4. The smallest absolute Gasteiger partial charge is 0.307 e. The highest BCUT2D eigenvalue weighted by Crippen LogP contribution is 2.17. The number of nitrogens with one attached hydrogen (secondary N) is 2. The summed E-state index contributed by atoms with van der Waals surface area (Å²) in [5.74, 6) is -0.377. The summed E-state index contributed by atoms with van der Waals surface area (Å²) in [5.41, 5.74) is 3.02. The monoisotopic (exact) mass is 278 g/mol. The molecule has 1 amide bonds. The standard InChI is InChI=1S/C15H22N2O3/c1-4-20-15(19)8-9-16-10-14(18)17-13-7-5-6-11(2)12(13)3/h5-7,16H,4,8-10H2,1-3H3,(H,17,18). The van der Waals surface area contributed by atoms with Crippen molar-refractivity contribution in [1.82, 2.24) is 5.32 Å². The van der Waals surface area contributed by atoms with Gasteiger partial charge in [0.15, 0.2) is 0 Å². The van der Waals surface area contributed by atoms with E-state index < -0.39 is 0 Å². The summed E-state index contributed by atoms with van der Waals surface area (Å²) in [4.78, 5) is 22.9. The van der Waals surface area contributed by atoms with E-state index >= 15 is 0 Å². The second-order valence-electron chi connectivity index (χ2n) is 4.53. The van der Waals surface area contributed by atoms with Crippen LogP contribution in [0, 0.1) is 13.8 Å². The molecule has 1 rings (SSSR count). The van der Waals surface area contributed by atoms with Gasteiger partial charge in [-0.2, -0.15) is 0 Å². The number of carbonyl (C=O) groups excluding carboxylic acids is 2. The Balaban J connectivity index is 2.30. The second-order valence-corrected chi connectivity index (χ2v) is 4.53. The van der Waals surface area contributed by atoms with Crippen LogP contribution in [-0.2, 0) is 14.3 Å². The molecule has 110 valence electrons. The minimum atomic E-state index is -0.255. The van der Waals surface area contributed by atoms with Crippen LogP contribution in [0.15, 0.2) is 18.2 Å². The van der Waals surface area contributed by atoms with E-state index in [1.54, 1.807) is 6.92 Å². The number of carbonyl (C=O) groups is 2. The molecule has 1 aromatic rings. The average Bonchev–Trinajstić information content (AvgIpc) is 2.40. The van der Waals surface area contributed by atoms with Gasteiger partial charge in [-0.1, -0.05) is 12.1 Å². The first kappa shape index (κ1) is 16.2. The van der Waals surface area contributed by atoms with E-state index in [1.165, 1.54) is 0 Å². The normalized spacial score (nSPS) is 10.2. The highest BCUT2D eigenvalue weighted by Gasteiger charge is 2.06. The Hall–Kier alpha value is -1.88. The van der Waals surface area contributed by atoms with Gasteiger partial charge in [0.1, 0.15) is 0 Å². The predicted octanol–water partition coefficient (Wildman–Crippen LogP) is 1.78. The average molecular weight is 278 g/mol. The molecular formula is C15H22N2O3. The Kier molecular flexibility index (Phi) is 6.73. The van der Waals surface area contributed by atoms with Crippen LogP contribution in [0.3, 0.4) is 0 Å². The van der Waals surface area contributed by atoms with Crippen LogP contribution in [-0.4, -0.2) is 31.6 Å². The van der Waals surface area contributed by atoms with Crippen molar-refractivity contribution >= 4 is 17.6 Å². The molecule has 0 saturated heterocycles. The molecule has 0 fully saturated rings. The van der Waals surface area contributed by atoms with Gasteiger partial charge in [0.05, 0.1) is 19.6 Å². The number of benzene rings is 1. The summed E-state index contributed by atoms with van der Waals surface area (Å²) in [5, 5.41) is 5.76. The van der Waals surface area contributed by atoms with Gasteiger partial charge in [0, 0.05) is 12.2 Å². The van der Waals surface area contributed by atoms with Crippen molar-refractivity contribution in [3.63, 3.8) is 0 Å². The van der Waals surface area contributed by atoms with Crippen molar-refractivity contribution in [2.75, 3.05) is 25.0 Å². The Labute approximate surface area is 119 Å². The second kappa shape index (κ2) is 8.32. The Morgan fingerprint density at radius 3 is 2.70 bits per heavy atom. The molecule has 0 atom stereocenters. The molecule has 0 aliphatic carbocycles. The van der Waals surface area contributed by atoms with Crippen LogP contribution in [0.1, 0.15) is 24.5 Å². The van der Waals surface area contributed by atoms with Crippen molar-refractivity contribution in [3.05, 3.63) is 29.3 Å². The van der Waals surface area contributed by atoms with Gasteiger partial charge in [-0.05, 0) is 38.0 Å². The van der Waals surface area contributed by atoms with E-state index in [2.05, 4.69) is 10.6 Å². The minimum Gasteiger partial charge on any atom is -0.466 e. The van der Waals surface area contributed by atoms with Crippen LogP contribution < -0.4 is 10.6 Å². The van der Waals surface area contributed by atoms with E-state index in [1.807, 2.05) is 32.0 Å². The predicted molar refractivity (Wildman–Crippen MR) is 78.7 cm³/mol. The summed E-state index contributed by atoms with van der Waals surface area (Å²) in [6, 6.07) is 5.79. The maximum absolute atomic E-state index is 11.8. The summed E-state index contributed by atoms with van der Waals surface area (Å²) in [6.07, 6.45) is 0.268. The van der Waals surface area contributed by atoms with Gasteiger partial charge < -0.3 is 15.4 Å². The van der Waals surface area contributed by atoms with Gasteiger partial charge in [-0.15, -0.1) is 0 Å². The lowest BCUT2D eigenvalue weighted by Crippen LogP contribution is -2.30. The third-order valence-electron chi connectivity index (χ3n) is 2.98. The highest BCUT2D eigenvalue weighted by molar-refractivity contribution is 5.93. The molecule has 0 aliphatic rings. The highest BCUT2D eigenvalue weighted by atomic mass is 16.5. The third kappa shape index (κ3) is 5.40. The molecule has 5 nitrogen and oxygen atoms in total. The zero-order valence-corrected chi connectivity index (χ0v) is 12.3. The fourth-order valence-corrected chi connectivity index (χ4v) is 1.71. The zero-order valence-electron chi connectivity index (χ0n) is 12.3. The first-order chi connectivity index (χ1) is 9.54. The topological polar surface area (TPSA) is 67.4 Å². The molecule has 0 aliphatic heterocycles. The fraction of sp³-hybridized carbons (Fsp3) is 0.467. The SMILES string of the molecule is CCOC(=O)CCNCC(=O)Nc1cccc(C)c1C. The van der Waals surface area contributed by atoms with Crippen LogP contribution in [0.4, 0.5) is 5.69 Å². The number of rotatable bonds is 7. The molecule has 0 radical (unpaired) electrons. The van der Waals surface area contributed by atoms with Crippen LogP contribution >= 0.6 is 0 Å². The quantitative estimate of drug-likeness (QED) is 0.589. The molecule has 0 saturated carbocycles. The Morgan fingerprint density at radius 2 is 2.00 bits per heavy atom. The van der Waals surface area contributed by atoms with E-state index in [0.29, 0.717) is 13.2 Å². The number of esters is 1. The Morgan fingerprint density at radius 1 is 1.25 bits per heavy atom. The number of aryl methyl sites for hydroxylation is 1. The minimum absolute atomic E-state index is 0.123. The lowest BCUT2D eigenvalue weighted by molar-refractivity contribution is -0.143. The van der Waals surface area contributed by atoms with Gasteiger partial charge in [-0.25, -0.2) is 0 Å². The molecule has 20 heavy (non-hydrogen) atoms. The lowest BCUT2D eigenvalue weighted by atomic mass is 10.1. The number of ether oxygens (including phenoxy) is 1. The van der Waals surface area contributed by atoms with Crippen molar-refractivity contribution in [2.24, 2.45) is 0 Å². The molecule has 0 bridgehead atoms. The summed E-state index contributed by atoms with van der Waals surface area (Å²) < 4.78 is 4.79. The molecular weight excluding hydrogens is 256 g/mol. The van der Waals surface area contributed by atoms with E-state index in [-0.39, 0.29) is 24.8 Å². The number of anilines is 1.